The monoisotopic (exact) mass is 214 g/mol. The van der Waals surface area contributed by atoms with Crippen LogP contribution in [-0.2, 0) is 9.53 Å². The molecule has 0 bridgehead atoms. The third kappa shape index (κ3) is 4.67. The third-order valence-corrected chi connectivity index (χ3v) is 2.89. The van der Waals surface area contributed by atoms with E-state index in [0.29, 0.717) is 11.8 Å². The van der Waals surface area contributed by atoms with Gasteiger partial charge in [0.2, 0.25) is 0 Å². The molecule has 0 saturated carbocycles. The lowest BCUT2D eigenvalue weighted by atomic mass is 9.95. The predicted octanol–water partition coefficient (Wildman–Crippen LogP) is 3.65. The van der Waals surface area contributed by atoms with Gasteiger partial charge in [-0.15, -0.1) is 0 Å². The van der Waals surface area contributed by atoms with E-state index in [2.05, 4.69) is 27.7 Å². The summed E-state index contributed by atoms with van der Waals surface area (Å²) in [5.41, 5.74) is 0. The van der Waals surface area contributed by atoms with Crippen LogP contribution in [0.15, 0.2) is 0 Å². The molecule has 2 heteroatoms. The van der Waals surface area contributed by atoms with E-state index in [9.17, 15) is 4.79 Å². The Bertz CT molecular complexity index is 173. The van der Waals surface area contributed by atoms with Gasteiger partial charge in [-0.3, -0.25) is 4.79 Å². The summed E-state index contributed by atoms with van der Waals surface area (Å²) in [5, 5.41) is 0. The Morgan fingerprint density at radius 2 is 1.40 bits per heavy atom. The second kappa shape index (κ2) is 6.86. The largest absolute Gasteiger partial charge is 0.462 e. The fourth-order valence-electron chi connectivity index (χ4n) is 1.89. The van der Waals surface area contributed by atoms with E-state index < -0.39 is 0 Å². The minimum absolute atomic E-state index is 0.0209. The Morgan fingerprint density at radius 3 is 1.67 bits per heavy atom. The van der Waals surface area contributed by atoms with Gasteiger partial charge in [-0.2, -0.15) is 0 Å². The molecule has 0 heterocycles. The van der Waals surface area contributed by atoms with Crippen molar-refractivity contribution in [3.8, 4) is 0 Å². The molecule has 0 spiro atoms. The van der Waals surface area contributed by atoms with Gasteiger partial charge in [0.15, 0.2) is 0 Å². The molecule has 0 aromatic rings. The first-order valence-corrected chi connectivity index (χ1v) is 6.14. The van der Waals surface area contributed by atoms with E-state index >= 15 is 0 Å². The van der Waals surface area contributed by atoms with E-state index in [1.54, 1.807) is 0 Å². The molecule has 0 N–H and O–H groups in total. The molecule has 0 amide bonds. The summed E-state index contributed by atoms with van der Waals surface area (Å²) in [5.74, 6) is 0.837. The number of carbonyl (C=O) groups is 1. The highest BCUT2D eigenvalue weighted by Crippen LogP contribution is 2.19. The molecular weight excluding hydrogens is 188 g/mol. The minimum Gasteiger partial charge on any atom is -0.462 e. The van der Waals surface area contributed by atoms with E-state index in [1.165, 1.54) is 0 Å². The zero-order valence-electron chi connectivity index (χ0n) is 11.0. The summed E-state index contributed by atoms with van der Waals surface area (Å²) in [6.07, 6.45) is 1.80. The van der Waals surface area contributed by atoms with Crippen molar-refractivity contribution < 1.29 is 9.53 Å². The highest BCUT2D eigenvalue weighted by molar-refractivity contribution is 5.72. The molecule has 0 aromatic heterocycles. The van der Waals surface area contributed by atoms with Crippen LogP contribution in [0.3, 0.4) is 0 Å². The van der Waals surface area contributed by atoms with Gasteiger partial charge < -0.3 is 4.74 Å². The van der Waals surface area contributed by atoms with Crippen molar-refractivity contribution in [1.82, 2.24) is 0 Å². The Morgan fingerprint density at radius 1 is 1.00 bits per heavy atom. The van der Waals surface area contributed by atoms with Gasteiger partial charge in [-0.05, 0) is 24.7 Å². The number of rotatable bonds is 6. The SMILES string of the molecule is CCC(CC)C(=O)OC(C(C)C)C(C)C. The van der Waals surface area contributed by atoms with Crippen LogP contribution in [0.2, 0.25) is 0 Å². The number of esters is 1. The molecule has 90 valence electrons. The van der Waals surface area contributed by atoms with Crippen LogP contribution in [0.4, 0.5) is 0 Å². The average molecular weight is 214 g/mol. The lowest BCUT2D eigenvalue weighted by molar-refractivity contribution is -0.159. The second-order valence-corrected chi connectivity index (χ2v) is 4.90. The van der Waals surface area contributed by atoms with Crippen LogP contribution in [0.5, 0.6) is 0 Å². The minimum atomic E-state index is -0.0209. The first kappa shape index (κ1) is 14.5. The van der Waals surface area contributed by atoms with E-state index in [4.69, 9.17) is 4.74 Å². The van der Waals surface area contributed by atoms with Crippen molar-refractivity contribution in [3.05, 3.63) is 0 Å². The molecule has 2 nitrogen and oxygen atoms in total. The van der Waals surface area contributed by atoms with Crippen molar-refractivity contribution in [3.63, 3.8) is 0 Å². The van der Waals surface area contributed by atoms with Crippen LogP contribution in [0.25, 0.3) is 0 Å². The molecule has 0 saturated heterocycles. The van der Waals surface area contributed by atoms with Crippen molar-refractivity contribution in [2.45, 2.75) is 60.5 Å². The molecule has 0 aromatic carbocycles. The van der Waals surface area contributed by atoms with Gasteiger partial charge in [0.1, 0.15) is 6.10 Å². The first-order valence-electron chi connectivity index (χ1n) is 6.14. The molecule has 0 aliphatic carbocycles. The van der Waals surface area contributed by atoms with Crippen molar-refractivity contribution >= 4 is 5.97 Å². The second-order valence-electron chi connectivity index (χ2n) is 4.90. The molecule has 0 radical (unpaired) electrons. The van der Waals surface area contributed by atoms with Crippen LogP contribution < -0.4 is 0 Å². The molecule has 0 fully saturated rings. The van der Waals surface area contributed by atoms with Gasteiger partial charge in [-0.1, -0.05) is 41.5 Å². The van der Waals surface area contributed by atoms with Crippen LogP contribution >= 0.6 is 0 Å². The predicted molar refractivity (Wildman–Crippen MR) is 63.6 cm³/mol. The highest BCUT2D eigenvalue weighted by Gasteiger charge is 2.25. The van der Waals surface area contributed by atoms with Crippen LogP contribution in [0, 0.1) is 17.8 Å². The summed E-state index contributed by atoms with van der Waals surface area (Å²) < 4.78 is 5.58. The molecule has 0 aliphatic rings. The Kier molecular flexibility index (Phi) is 6.62. The molecular formula is C13H26O2. The third-order valence-electron chi connectivity index (χ3n) is 2.89. The van der Waals surface area contributed by atoms with Gasteiger partial charge in [0.05, 0.1) is 5.92 Å². The average Bonchev–Trinajstić information content (AvgIpc) is 2.15. The summed E-state index contributed by atoms with van der Waals surface area (Å²) in [4.78, 5) is 11.8. The smallest absolute Gasteiger partial charge is 0.309 e. The molecule has 0 unspecified atom stereocenters. The molecule has 0 atom stereocenters. The van der Waals surface area contributed by atoms with Gasteiger partial charge in [0, 0.05) is 0 Å². The summed E-state index contributed by atoms with van der Waals surface area (Å²) in [7, 11) is 0. The van der Waals surface area contributed by atoms with E-state index in [-0.39, 0.29) is 18.0 Å². The Balaban J connectivity index is 4.34. The number of carbonyl (C=O) groups excluding carboxylic acids is 1. The van der Waals surface area contributed by atoms with Crippen molar-refractivity contribution in [2.75, 3.05) is 0 Å². The summed E-state index contributed by atoms with van der Waals surface area (Å²) in [6.45, 7) is 12.5. The van der Waals surface area contributed by atoms with Gasteiger partial charge in [-0.25, -0.2) is 0 Å². The van der Waals surface area contributed by atoms with Crippen LogP contribution in [-0.4, -0.2) is 12.1 Å². The Labute approximate surface area is 94.4 Å². The maximum atomic E-state index is 11.8. The van der Waals surface area contributed by atoms with E-state index in [0.717, 1.165) is 12.8 Å². The standard InChI is InChI=1S/C13H26O2/c1-7-11(8-2)13(14)15-12(9(3)4)10(5)6/h9-12H,7-8H2,1-6H3. The molecule has 0 rings (SSSR count). The Hall–Kier alpha value is -0.530. The lowest BCUT2D eigenvalue weighted by Crippen LogP contribution is -2.31. The van der Waals surface area contributed by atoms with Gasteiger partial charge in [0.25, 0.3) is 0 Å². The van der Waals surface area contributed by atoms with Gasteiger partial charge >= 0.3 is 5.97 Å². The number of hydrogen-bond donors (Lipinski definition) is 0. The number of hydrogen-bond acceptors (Lipinski definition) is 2. The fourth-order valence-corrected chi connectivity index (χ4v) is 1.89. The maximum absolute atomic E-state index is 11.8. The topological polar surface area (TPSA) is 26.3 Å². The van der Waals surface area contributed by atoms with E-state index in [1.807, 2.05) is 13.8 Å². The first-order chi connectivity index (χ1) is 6.93. The lowest BCUT2D eigenvalue weighted by Gasteiger charge is -2.26. The zero-order chi connectivity index (χ0) is 12.0. The van der Waals surface area contributed by atoms with Crippen LogP contribution in [0.1, 0.15) is 54.4 Å². The normalized spacial score (nSPS) is 11.9. The molecule has 0 aliphatic heterocycles. The summed E-state index contributed by atoms with van der Waals surface area (Å²) in [6, 6.07) is 0. The fraction of sp³-hybridized carbons (Fsp3) is 0.923. The molecule has 15 heavy (non-hydrogen) atoms. The van der Waals surface area contributed by atoms with Crippen molar-refractivity contribution in [2.24, 2.45) is 17.8 Å². The zero-order valence-corrected chi connectivity index (χ0v) is 11.0. The quantitative estimate of drug-likeness (QED) is 0.631. The number of ether oxygens (including phenoxy) is 1. The van der Waals surface area contributed by atoms with Crippen molar-refractivity contribution in [1.29, 1.82) is 0 Å². The maximum Gasteiger partial charge on any atom is 0.309 e. The highest BCUT2D eigenvalue weighted by atomic mass is 16.5. The summed E-state index contributed by atoms with van der Waals surface area (Å²) >= 11 is 0.